The molecule has 2 atom stereocenters. The third-order valence-corrected chi connectivity index (χ3v) is 4.19. The first-order valence-electron chi connectivity index (χ1n) is 5.82. The highest BCUT2D eigenvalue weighted by Crippen LogP contribution is 2.35. The Kier molecular flexibility index (Phi) is 3.23. The minimum Gasteiger partial charge on any atom is -0.374 e. The summed E-state index contributed by atoms with van der Waals surface area (Å²) in [6, 6.07) is 0.436. The van der Waals surface area contributed by atoms with Crippen molar-refractivity contribution < 1.29 is 4.74 Å². The molecule has 2 unspecified atom stereocenters. The summed E-state index contributed by atoms with van der Waals surface area (Å²) in [6.45, 7) is 1.63. The van der Waals surface area contributed by atoms with Crippen LogP contribution in [0.2, 0.25) is 5.28 Å². The summed E-state index contributed by atoms with van der Waals surface area (Å²) in [5.74, 6) is 0.894. The SMILES string of the molecule is Clc1ncc(Br)c(N2CCOC3CCCC32)n1. The van der Waals surface area contributed by atoms with Gasteiger partial charge in [-0.15, -0.1) is 0 Å². The average Bonchev–Trinajstić information content (AvgIpc) is 2.80. The molecule has 1 aliphatic heterocycles. The number of rotatable bonds is 1. The lowest BCUT2D eigenvalue weighted by Gasteiger charge is -2.38. The number of aromatic nitrogens is 2. The lowest BCUT2D eigenvalue weighted by Crippen LogP contribution is -2.49. The van der Waals surface area contributed by atoms with Crippen molar-refractivity contribution in [2.24, 2.45) is 0 Å². The van der Waals surface area contributed by atoms with Crippen molar-refractivity contribution in [3.05, 3.63) is 16.0 Å². The highest BCUT2D eigenvalue weighted by Gasteiger charge is 2.37. The smallest absolute Gasteiger partial charge is 0.224 e. The molecule has 17 heavy (non-hydrogen) atoms. The van der Waals surface area contributed by atoms with Crippen LogP contribution >= 0.6 is 27.5 Å². The Morgan fingerprint density at radius 2 is 2.35 bits per heavy atom. The van der Waals surface area contributed by atoms with E-state index in [2.05, 4.69) is 30.8 Å². The predicted octanol–water partition coefficient (Wildman–Crippen LogP) is 2.65. The van der Waals surface area contributed by atoms with E-state index in [4.69, 9.17) is 16.3 Å². The van der Waals surface area contributed by atoms with Crippen LogP contribution in [0.3, 0.4) is 0 Å². The molecule has 2 aliphatic rings. The molecule has 6 heteroatoms. The minimum absolute atomic E-state index is 0.296. The predicted molar refractivity (Wildman–Crippen MR) is 69.5 cm³/mol. The van der Waals surface area contributed by atoms with E-state index >= 15 is 0 Å². The van der Waals surface area contributed by atoms with Crippen LogP contribution in [-0.2, 0) is 4.74 Å². The summed E-state index contributed by atoms with van der Waals surface area (Å²) in [6.07, 6.45) is 5.60. The molecule has 0 spiro atoms. The van der Waals surface area contributed by atoms with E-state index in [1.54, 1.807) is 6.20 Å². The number of morpholine rings is 1. The standard InChI is InChI=1S/C11H13BrClN3O/c12-7-6-14-11(13)15-10(7)16-4-5-17-9-3-1-2-8(9)16/h6,8-9H,1-5H2. The average molecular weight is 319 g/mol. The van der Waals surface area contributed by atoms with Crippen molar-refractivity contribution in [2.45, 2.75) is 31.4 Å². The second kappa shape index (κ2) is 4.71. The first-order chi connectivity index (χ1) is 8.25. The fraction of sp³-hybridized carbons (Fsp3) is 0.636. The topological polar surface area (TPSA) is 38.2 Å². The van der Waals surface area contributed by atoms with E-state index in [0.29, 0.717) is 17.4 Å². The molecule has 1 aromatic rings. The Bertz CT molecular complexity index is 431. The first-order valence-corrected chi connectivity index (χ1v) is 6.99. The second-order valence-corrected chi connectivity index (χ2v) is 5.60. The quantitative estimate of drug-likeness (QED) is 0.746. The van der Waals surface area contributed by atoms with Crippen molar-refractivity contribution in [2.75, 3.05) is 18.1 Å². The summed E-state index contributed by atoms with van der Waals surface area (Å²) in [4.78, 5) is 10.6. The van der Waals surface area contributed by atoms with Gasteiger partial charge in [-0.3, -0.25) is 0 Å². The summed E-state index contributed by atoms with van der Waals surface area (Å²) >= 11 is 9.37. The molecule has 92 valence electrons. The van der Waals surface area contributed by atoms with E-state index < -0.39 is 0 Å². The molecular formula is C11H13BrClN3O. The Labute approximate surface area is 113 Å². The number of ether oxygens (including phenoxy) is 1. The third kappa shape index (κ3) is 2.16. The largest absolute Gasteiger partial charge is 0.374 e. The Balaban J connectivity index is 1.94. The zero-order valence-electron chi connectivity index (χ0n) is 9.27. The van der Waals surface area contributed by atoms with Gasteiger partial charge >= 0.3 is 0 Å². The van der Waals surface area contributed by atoms with Crippen molar-refractivity contribution in [3.63, 3.8) is 0 Å². The maximum Gasteiger partial charge on any atom is 0.224 e. The summed E-state index contributed by atoms with van der Waals surface area (Å²) in [5, 5.41) is 0.296. The molecule has 1 aliphatic carbocycles. The van der Waals surface area contributed by atoms with Crippen LogP contribution < -0.4 is 4.90 Å². The molecule has 0 N–H and O–H groups in total. The van der Waals surface area contributed by atoms with E-state index in [1.807, 2.05) is 0 Å². The molecule has 2 fully saturated rings. The van der Waals surface area contributed by atoms with E-state index in [9.17, 15) is 0 Å². The minimum atomic E-state index is 0.296. The number of hydrogen-bond donors (Lipinski definition) is 0. The van der Waals surface area contributed by atoms with Gasteiger partial charge in [-0.1, -0.05) is 0 Å². The molecule has 1 saturated carbocycles. The molecular weight excluding hydrogens is 305 g/mol. The van der Waals surface area contributed by atoms with Gasteiger partial charge in [0, 0.05) is 12.7 Å². The number of fused-ring (bicyclic) bond motifs is 1. The summed E-state index contributed by atoms with van der Waals surface area (Å²) in [5.41, 5.74) is 0. The van der Waals surface area contributed by atoms with Crippen molar-refractivity contribution in [3.8, 4) is 0 Å². The highest BCUT2D eigenvalue weighted by atomic mass is 79.9. The lowest BCUT2D eigenvalue weighted by atomic mass is 10.1. The molecule has 0 aromatic carbocycles. The molecule has 0 radical (unpaired) electrons. The maximum absolute atomic E-state index is 5.88. The summed E-state index contributed by atoms with van der Waals surface area (Å²) < 4.78 is 6.69. The monoisotopic (exact) mass is 317 g/mol. The van der Waals surface area contributed by atoms with Gasteiger partial charge in [-0.05, 0) is 46.8 Å². The van der Waals surface area contributed by atoms with Gasteiger partial charge in [0.1, 0.15) is 5.82 Å². The van der Waals surface area contributed by atoms with Gasteiger partial charge in [0.2, 0.25) is 5.28 Å². The number of hydrogen-bond acceptors (Lipinski definition) is 4. The number of anilines is 1. The van der Waals surface area contributed by atoms with Gasteiger partial charge in [0.25, 0.3) is 0 Å². The van der Waals surface area contributed by atoms with E-state index in [-0.39, 0.29) is 0 Å². The van der Waals surface area contributed by atoms with Crippen LogP contribution in [0.1, 0.15) is 19.3 Å². The first kappa shape index (κ1) is 11.7. The van der Waals surface area contributed by atoms with Gasteiger partial charge in [0.15, 0.2) is 0 Å². The molecule has 2 heterocycles. The van der Waals surface area contributed by atoms with Gasteiger partial charge in [-0.2, -0.15) is 4.98 Å². The number of nitrogens with zero attached hydrogens (tertiary/aromatic N) is 3. The van der Waals surface area contributed by atoms with Crippen LogP contribution in [0.25, 0.3) is 0 Å². The van der Waals surface area contributed by atoms with Gasteiger partial charge < -0.3 is 9.64 Å². The van der Waals surface area contributed by atoms with Gasteiger partial charge in [0.05, 0.1) is 23.2 Å². The zero-order valence-corrected chi connectivity index (χ0v) is 11.6. The van der Waals surface area contributed by atoms with Crippen LogP contribution in [0, 0.1) is 0 Å². The third-order valence-electron chi connectivity index (χ3n) is 3.45. The van der Waals surface area contributed by atoms with Crippen molar-refractivity contribution in [1.29, 1.82) is 0 Å². The maximum atomic E-state index is 5.88. The molecule has 0 amide bonds. The Morgan fingerprint density at radius 1 is 1.47 bits per heavy atom. The van der Waals surface area contributed by atoms with Crippen molar-refractivity contribution >= 4 is 33.3 Å². The Morgan fingerprint density at radius 3 is 3.24 bits per heavy atom. The van der Waals surface area contributed by atoms with E-state index in [0.717, 1.165) is 29.9 Å². The number of halogens is 2. The second-order valence-electron chi connectivity index (χ2n) is 4.41. The summed E-state index contributed by atoms with van der Waals surface area (Å²) in [7, 11) is 0. The van der Waals surface area contributed by atoms with Crippen LogP contribution in [0.15, 0.2) is 10.7 Å². The Hall–Kier alpha value is -0.390. The lowest BCUT2D eigenvalue weighted by molar-refractivity contribution is 0.0252. The molecule has 1 saturated heterocycles. The van der Waals surface area contributed by atoms with Crippen LogP contribution in [0.5, 0.6) is 0 Å². The highest BCUT2D eigenvalue weighted by molar-refractivity contribution is 9.10. The molecule has 4 nitrogen and oxygen atoms in total. The molecule has 1 aromatic heterocycles. The van der Waals surface area contributed by atoms with Crippen LogP contribution in [0.4, 0.5) is 5.82 Å². The van der Waals surface area contributed by atoms with Crippen molar-refractivity contribution in [1.82, 2.24) is 9.97 Å². The fourth-order valence-electron chi connectivity index (χ4n) is 2.73. The normalized spacial score (nSPS) is 28.2. The fourth-order valence-corrected chi connectivity index (χ4v) is 3.28. The molecule has 0 bridgehead atoms. The van der Waals surface area contributed by atoms with Crippen LogP contribution in [-0.4, -0.2) is 35.3 Å². The van der Waals surface area contributed by atoms with E-state index in [1.165, 1.54) is 12.8 Å². The zero-order chi connectivity index (χ0) is 11.8. The molecule has 3 rings (SSSR count). The van der Waals surface area contributed by atoms with Gasteiger partial charge in [-0.25, -0.2) is 4.98 Å².